The number of nitrogens with zero attached hydrogens (tertiary/aromatic N) is 3. The number of pyridine rings is 1. The lowest BCUT2D eigenvalue weighted by molar-refractivity contribution is 0.355. The molecular formula is C16H20N6OS. The zero-order chi connectivity index (χ0) is 16.4. The molecule has 4 rings (SSSR count). The van der Waals surface area contributed by atoms with Crippen LogP contribution in [-0.2, 0) is 0 Å². The molecule has 0 bridgehead atoms. The van der Waals surface area contributed by atoms with Crippen LogP contribution in [0.5, 0.6) is 0 Å². The molecule has 126 valence electrons. The summed E-state index contributed by atoms with van der Waals surface area (Å²) in [6.45, 7) is 2.20. The lowest BCUT2D eigenvalue weighted by Gasteiger charge is -2.37. The third kappa shape index (κ3) is 2.99. The van der Waals surface area contributed by atoms with E-state index in [0.29, 0.717) is 18.0 Å². The first-order chi connectivity index (χ1) is 11.8. The van der Waals surface area contributed by atoms with E-state index < -0.39 is 0 Å². The Kier molecular flexibility index (Phi) is 4.40. The number of aromatic nitrogens is 4. The van der Waals surface area contributed by atoms with Crippen LogP contribution in [0.25, 0.3) is 22.5 Å². The first-order valence-corrected chi connectivity index (χ1v) is 9.20. The highest BCUT2D eigenvalue weighted by Crippen LogP contribution is 2.35. The van der Waals surface area contributed by atoms with Crippen molar-refractivity contribution in [1.82, 2.24) is 24.9 Å². The number of aromatic amines is 1. The maximum Gasteiger partial charge on any atom is 0.251 e. The fourth-order valence-corrected chi connectivity index (χ4v) is 3.68. The van der Waals surface area contributed by atoms with E-state index in [9.17, 15) is 0 Å². The molecular weight excluding hydrogens is 324 g/mol. The van der Waals surface area contributed by atoms with E-state index in [1.807, 2.05) is 24.2 Å². The third-order valence-corrected chi connectivity index (χ3v) is 5.33. The smallest absolute Gasteiger partial charge is 0.251 e. The SMILES string of the molecule is CCCSNC1CC(Nc2c(-c3nnco3)cnc3[nH]ccc23)C1. The van der Waals surface area contributed by atoms with Crippen molar-refractivity contribution in [2.45, 2.75) is 38.3 Å². The van der Waals surface area contributed by atoms with E-state index in [0.717, 1.165) is 40.9 Å². The van der Waals surface area contributed by atoms with Crippen molar-refractivity contribution in [3.8, 4) is 11.5 Å². The predicted octanol–water partition coefficient (Wildman–Crippen LogP) is 3.20. The Labute approximate surface area is 144 Å². The van der Waals surface area contributed by atoms with Crippen LogP contribution in [0.3, 0.4) is 0 Å². The molecule has 1 aliphatic rings. The molecule has 0 aromatic carbocycles. The van der Waals surface area contributed by atoms with Crippen molar-refractivity contribution in [2.75, 3.05) is 11.1 Å². The van der Waals surface area contributed by atoms with Gasteiger partial charge in [0.15, 0.2) is 0 Å². The highest BCUT2D eigenvalue weighted by atomic mass is 32.2. The lowest BCUT2D eigenvalue weighted by atomic mass is 9.87. The molecule has 0 atom stereocenters. The number of hydrogen-bond donors (Lipinski definition) is 3. The van der Waals surface area contributed by atoms with E-state index in [1.165, 1.54) is 12.8 Å². The van der Waals surface area contributed by atoms with Gasteiger partial charge in [-0.1, -0.05) is 18.9 Å². The van der Waals surface area contributed by atoms with Crippen LogP contribution in [0.1, 0.15) is 26.2 Å². The van der Waals surface area contributed by atoms with Crippen molar-refractivity contribution in [3.05, 3.63) is 24.9 Å². The Balaban J connectivity index is 1.51. The maximum atomic E-state index is 5.38. The molecule has 24 heavy (non-hydrogen) atoms. The van der Waals surface area contributed by atoms with Crippen LogP contribution in [-0.4, -0.2) is 38.0 Å². The summed E-state index contributed by atoms with van der Waals surface area (Å²) >= 11 is 1.82. The van der Waals surface area contributed by atoms with Crippen molar-refractivity contribution in [1.29, 1.82) is 0 Å². The van der Waals surface area contributed by atoms with Gasteiger partial charge in [0.25, 0.3) is 5.89 Å². The standard InChI is InChI=1S/C16H20N6OS/c1-2-5-24-22-11-6-10(7-11)20-14-12-3-4-17-15(12)18-8-13(14)16-21-19-9-23-16/h3-4,8-11,22H,2,5-7H2,1H3,(H2,17,18,20). The normalized spacial score (nSPS) is 20.2. The molecule has 0 radical (unpaired) electrons. The van der Waals surface area contributed by atoms with Gasteiger partial charge in [0.1, 0.15) is 5.65 Å². The minimum atomic E-state index is 0.437. The molecule has 0 aliphatic heterocycles. The van der Waals surface area contributed by atoms with Crippen molar-refractivity contribution in [2.24, 2.45) is 0 Å². The number of fused-ring (bicyclic) bond motifs is 1. The van der Waals surface area contributed by atoms with Gasteiger partial charge in [-0.3, -0.25) is 4.72 Å². The number of anilines is 1. The highest BCUT2D eigenvalue weighted by molar-refractivity contribution is 7.97. The van der Waals surface area contributed by atoms with Crippen molar-refractivity contribution < 1.29 is 4.42 Å². The Bertz CT molecular complexity index is 796. The molecule has 7 nitrogen and oxygen atoms in total. The fraction of sp³-hybridized carbons (Fsp3) is 0.438. The largest absolute Gasteiger partial charge is 0.423 e. The zero-order valence-corrected chi connectivity index (χ0v) is 14.3. The van der Waals surface area contributed by atoms with Gasteiger partial charge in [-0.2, -0.15) is 0 Å². The molecule has 0 unspecified atom stereocenters. The van der Waals surface area contributed by atoms with Gasteiger partial charge >= 0.3 is 0 Å². The lowest BCUT2D eigenvalue weighted by Crippen LogP contribution is -2.45. The van der Waals surface area contributed by atoms with E-state index in [1.54, 1.807) is 6.20 Å². The van der Waals surface area contributed by atoms with Gasteiger partial charge in [-0.05, 0) is 25.3 Å². The van der Waals surface area contributed by atoms with Gasteiger partial charge in [0.2, 0.25) is 6.39 Å². The second-order valence-corrected chi connectivity index (χ2v) is 6.94. The Hall–Kier alpha value is -2.06. The van der Waals surface area contributed by atoms with Gasteiger partial charge in [0.05, 0.1) is 11.3 Å². The Morgan fingerprint density at radius 3 is 3.08 bits per heavy atom. The molecule has 0 spiro atoms. The van der Waals surface area contributed by atoms with Crippen molar-refractivity contribution in [3.63, 3.8) is 0 Å². The molecule has 3 aromatic heterocycles. The Morgan fingerprint density at radius 2 is 2.29 bits per heavy atom. The number of hydrogen-bond acceptors (Lipinski definition) is 7. The van der Waals surface area contributed by atoms with E-state index in [4.69, 9.17) is 4.42 Å². The minimum Gasteiger partial charge on any atom is -0.423 e. The number of nitrogens with one attached hydrogen (secondary N) is 3. The van der Waals surface area contributed by atoms with Gasteiger partial charge in [-0.25, -0.2) is 4.98 Å². The van der Waals surface area contributed by atoms with Crippen LogP contribution < -0.4 is 10.0 Å². The molecule has 0 saturated heterocycles. The Morgan fingerprint density at radius 1 is 1.38 bits per heavy atom. The number of rotatable bonds is 7. The molecule has 0 amide bonds. The van der Waals surface area contributed by atoms with Crippen LogP contribution in [0.4, 0.5) is 5.69 Å². The summed E-state index contributed by atoms with van der Waals surface area (Å²) in [6.07, 6.45) is 8.42. The summed E-state index contributed by atoms with van der Waals surface area (Å²) in [7, 11) is 0. The molecule has 8 heteroatoms. The maximum absolute atomic E-state index is 5.38. The van der Waals surface area contributed by atoms with Crippen LogP contribution in [0.2, 0.25) is 0 Å². The van der Waals surface area contributed by atoms with Crippen LogP contribution in [0, 0.1) is 0 Å². The first-order valence-electron chi connectivity index (χ1n) is 8.21. The average molecular weight is 344 g/mol. The zero-order valence-electron chi connectivity index (χ0n) is 13.5. The monoisotopic (exact) mass is 344 g/mol. The molecule has 1 saturated carbocycles. The molecule has 3 N–H and O–H groups in total. The number of H-pyrrole nitrogens is 1. The van der Waals surface area contributed by atoms with Gasteiger partial charge < -0.3 is 14.7 Å². The predicted molar refractivity (Wildman–Crippen MR) is 95.7 cm³/mol. The molecule has 1 aliphatic carbocycles. The van der Waals surface area contributed by atoms with Crippen LogP contribution in [0.15, 0.2) is 29.3 Å². The van der Waals surface area contributed by atoms with E-state index in [2.05, 4.69) is 37.1 Å². The van der Waals surface area contributed by atoms with E-state index >= 15 is 0 Å². The second-order valence-electron chi connectivity index (χ2n) is 6.01. The summed E-state index contributed by atoms with van der Waals surface area (Å²) in [5, 5.41) is 12.5. The summed E-state index contributed by atoms with van der Waals surface area (Å²) in [6, 6.07) is 3.04. The van der Waals surface area contributed by atoms with E-state index in [-0.39, 0.29) is 0 Å². The molecule has 1 fully saturated rings. The first kappa shape index (κ1) is 15.5. The summed E-state index contributed by atoms with van der Waals surface area (Å²) < 4.78 is 8.90. The minimum absolute atomic E-state index is 0.437. The summed E-state index contributed by atoms with van der Waals surface area (Å²) in [5.74, 6) is 1.64. The fourth-order valence-electron chi connectivity index (χ4n) is 2.93. The molecule has 3 aromatic rings. The molecule has 3 heterocycles. The van der Waals surface area contributed by atoms with Crippen LogP contribution >= 0.6 is 11.9 Å². The second kappa shape index (κ2) is 6.82. The van der Waals surface area contributed by atoms with Gasteiger partial charge in [-0.15, -0.1) is 10.2 Å². The topological polar surface area (TPSA) is 91.7 Å². The van der Waals surface area contributed by atoms with Crippen molar-refractivity contribution >= 4 is 28.7 Å². The van der Waals surface area contributed by atoms with Gasteiger partial charge in [0, 0.05) is 35.6 Å². The summed E-state index contributed by atoms with van der Waals surface area (Å²) in [5.41, 5.74) is 2.71. The third-order valence-electron chi connectivity index (χ3n) is 4.22. The highest BCUT2D eigenvalue weighted by Gasteiger charge is 2.30. The summed E-state index contributed by atoms with van der Waals surface area (Å²) in [4.78, 5) is 7.59. The quantitative estimate of drug-likeness (QED) is 0.448. The average Bonchev–Trinajstić information content (AvgIpc) is 3.23.